The van der Waals surface area contributed by atoms with Gasteiger partial charge in [-0.3, -0.25) is 9.79 Å². The van der Waals surface area contributed by atoms with Gasteiger partial charge in [0.15, 0.2) is 0 Å². The molecule has 0 unspecified atom stereocenters. The number of carboxylic acids is 1. The lowest BCUT2D eigenvalue weighted by Crippen LogP contribution is -1.95. The van der Waals surface area contributed by atoms with Crippen LogP contribution < -0.4 is 0 Å². The van der Waals surface area contributed by atoms with E-state index in [1.807, 2.05) is 25.2 Å². The zero-order chi connectivity index (χ0) is 13.1. The van der Waals surface area contributed by atoms with Gasteiger partial charge < -0.3 is 5.11 Å². The van der Waals surface area contributed by atoms with Gasteiger partial charge in [-0.1, -0.05) is 37.5 Å². The average molecular weight is 233 g/mol. The second-order valence-corrected chi connectivity index (χ2v) is 3.58. The van der Waals surface area contributed by atoms with Crippen molar-refractivity contribution in [1.29, 1.82) is 0 Å². The van der Waals surface area contributed by atoms with Gasteiger partial charge in [0.05, 0.1) is 0 Å². The smallest absolute Gasteiger partial charge is 0.303 e. The van der Waals surface area contributed by atoms with E-state index in [2.05, 4.69) is 18.2 Å². The summed E-state index contributed by atoms with van der Waals surface area (Å²) in [4.78, 5) is 14.4. The van der Waals surface area contributed by atoms with Crippen molar-refractivity contribution < 1.29 is 9.90 Å². The van der Waals surface area contributed by atoms with Crippen LogP contribution in [0.4, 0.5) is 0 Å². The maximum atomic E-state index is 10.2. The molecule has 0 atom stereocenters. The molecule has 0 aromatic heterocycles. The molecule has 0 saturated heterocycles. The summed E-state index contributed by atoms with van der Waals surface area (Å²) >= 11 is 0. The van der Waals surface area contributed by atoms with Crippen molar-refractivity contribution in [2.45, 2.75) is 19.8 Å². The summed E-state index contributed by atoms with van der Waals surface area (Å²) < 4.78 is 0. The SMILES string of the molecule is C=CC(=C)C=CC=C(C)C=NCCCC(=O)O. The number of aliphatic carboxylic acids is 1. The summed E-state index contributed by atoms with van der Waals surface area (Å²) in [6, 6.07) is 0. The van der Waals surface area contributed by atoms with Crippen molar-refractivity contribution in [2.75, 3.05) is 6.54 Å². The second-order valence-electron chi connectivity index (χ2n) is 3.58. The highest BCUT2D eigenvalue weighted by molar-refractivity contribution is 5.78. The predicted molar refractivity (Wildman–Crippen MR) is 72.5 cm³/mol. The molecule has 0 aliphatic heterocycles. The molecule has 92 valence electrons. The van der Waals surface area contributed by atoms with Crippen molar-refractivity contribution >= 4 is 12.2 Å². The molecule has 0 bridgehead atoms. The lowest BCUT2D eigenvalue weighted by Gasteiger charge is -1.92. The summed E-state index contributed by atoms with van der Waals surface area (Å²) in [7, 11) is 0. The number of rotatable bonds is 8. The van der Waals surface area contributed by atoms with Crippen molar-refractivity contribution in [2.24, 2.45) is 4.99 Å². The Morgan fingerprint density at radius 3 is 2.76 bits per heavy atom. The monoisotopic (exact) mass is 233 g/mol. The molecular formula is C14H19NO2. The van der Waals surface area contributed by atoms with E-state index in [0.717, 1.165) is 11.1 Å². The van der Waals surface area contributed by atoms with Crippen molar-refractivity contribution in [3.63, 3.8) is 0 Å². The van der Waals surface area contributed by atoms with Crippen LogP contribution in [-0.4, -0.2) is 23.8 Å². The Balaban J connectivity index is 3.94. The molecular weight excluding hydrogens is 214 g/mol. The topological polar surface area (TPSA) is 49.7 Å². The Labute approximate surface area is 103 Å². The van der Waals surface area contributed by atoms with Crippen LogP contribution >= 0.6 is 0 Å². The van der Waals surface area contributed by atoms with E-state index in [9.17, 15) is 4.79 Å². The van der Waals surface area contributed by atoms with E-state index >= 15 is 0 Å². The van der Waals surface area contributed by atoms with Crippen LogP contribution in [-0.2, 0) is 4.79 Å². The first kappa shape index (κ1) is 15.1. The van der Waals surface area contributed by atoms with Crippen molar-refractivity contribution in [3.8, 4) is 0 Å². The number of aliphatic imine (C=N–C) groups is 1. The number of carboxylic acid groups (broad SMARTS) is 1. The van der Waals surface area contributed by atoms with Gasteiger partial charge >= 0.3 is 5.97 Å². The second kappa shape index (κ2) is 9.33. The molecule has 0 aromatic rings. The van der Waals surface area contributed by atoms with Gasteiger partial charge in [0, 0.05) is 19.2 Å². The molecule has 0 aliphatic carbocycles. The molecule has 17 heavy (non-hydrogen) atoms. The lowest BCUT2D eigenvalue weighted by molar-refractivity contribution is -0.137. The standard InChI is InChI=1S/C14H19NO2/c1-4-12(2)7-5-8-13(3)11-15-10-6-9-14(16)17/h4-5,7-8,11H,1-2,6,9-10H2,3H3,(H,16,17). The first-order chi connectivity index (χ1) is 8.06. The van der Waals surface area contributed by atoms with Gasteiger partial charge in [-0.05, 0) is 24.5 Å². The molecule has 0 aliphatic rings. The van der Waals surface area contributed by atoms with E-state index < -0.39 is 5.97 Å². The summed E-state index contributed by atoms with van der Waals surface area (Å²) in [5, 5.41) is 8.42. The number of hydrogen-bond acceptors (Lipinski definition) is 2. The van der Waals surface area contributed by atoms with E-state index in [1.54, 1.807) is 12.3 Å². The third-order valence-corrected chi connectivity index (χ3v) is 1.90. The molecule has 1 N–H and O–H groups in total. The van der Waals surface area contributed by atoms with Crippen LogP contribution in [0.3, 0.4) is 0 Å². The first-order valence-corrected chi connectivity index (χ1v) is 5.44. The maximum absolute atomic E-state index is 10.2. The van der Waals surface area contributed by atoms with E-state index in [0.29, 0.717) is 13.0 Å². The molecule has 3 nitrogen and oxygen atoms in total. The Morgan fingerprint density at radius 2 is 2.18 bits per heavy atom. The quantitative estimate of drug-likeness (QED) is 0.397. The zero-order valence-corrected chi connectivity index (χ0v) is 10.2. The van der Waals surface area contributed by atoms with Crippen molar-refractivity contribution in [3.05, 3.63) is 48.6 Å². The number of carbonyl (C=O) groups is 1. The highest BCUT2D eigenvalue weighted by Gasteiger charge is 1.93. The van der Waals surface area contributed by atoms with Crippen molar-refractivity contribution in [1.82, 2.24) is 0 Å². The fourth-order valence-electron chi connectivity index (χ4n) is 0.965. The molecule has 0 amide bonds. The van der Waals surface area contributed by atoms with E-state index in [-0.39, 0.29) is 6.42 Å². The van der Waals surface area contributed by atoms with Crippen LogP contribution in [0.15, 0.2) is 53.6 Å². The lowest BCUT2D eigenvalue weighted by atomic mass is 10.2. The molecule has 0 heterocycles. The zero-order valence-electron chi connectivity index (χ0n) is 10.2. The Kier molecular flexibility index (Phi) is 8.29. The van der Waals surface area contributed by atoms with Crippen LogP contribution in [0, 0.1) is 0 Å². The summed E-state index contributed by atoms with van der Waals surface area (Å²) in [6.45, 7) is 9.82. The summed E-state index contributed by atoms with van der Waals surface area (Å²) in [5.41, 5.74) is 1.86. The van der Waals surface area contributed by atoms with Gasteiger partial charge in [0.1, 0.15) is 0 Å². The Morgan fingerprint density at radius 1 is 1.47 bits per heavy atom. The molecule has 0 aromatic carbocycles. The Bertz CT molecular complexity index is 362. The first-order valence-electron chi connectivity index (χ1n) is 5.44. The van der Waals surface area contributed by atoms with E-state index in [4.69, 9.17) is 5.11 Å². The van der Waals surface area contributed by atoms with Crippen LogP contribution in [0.25, 0.3) is 0 Å². The number of allylic oxidation sites excluding steroid dienone is 6. The number of nitrogens with zero attached hydrogens (tertiary/aromatic N) is 1. The van der Waals surface area contributed by atoms with Gasteiger partial charge in [-0.25, -0.2) is 0 Å². The van der Waals surface area contributed by atoms with E-state index in [1.165, 1.54) is 0 Å². The molecule has 3 heteroatoms. The highest BCUT2D eigenvalue weighted by Crippen LogP contribution is 1.96. The van der Waals surface area contributed by atoms with Crippen LogP contribution in [0.5, 0.6) is 0 Å². The summed E-state index contributed by atoms with van der Waals surface area (Å²) in [5.74, 6) is -0.779. The molecule has 0 fully saturated rings. The highest BCUT2D eigenvalue weighted by atomic mass is 16.4. The fourth-order valence-corrected chi connectivity index (χ4v) is 0.965. The van der Waals surface area contributed by atoms with Gasteiger partial charge in [-0.15, -0.1) is 0 Å². The molecule has 0 radical (unpaired) electrons. The molecule has 0 spiro atoms. The third-order valence-electron chi connectivity index (χ3n) is 1.90. The molecule has 0 rings (SSSR count). The normalized spacial score (nSPS) is 12.2. The van der Waals surface area contributed by atoms with Crippen LogP contribution in [0.2, 0.25) is 0 Å². The largest absolute Gasteiger partial charge is 0.481 e. The average Bonchev–Trinajstić information content (AvgIpc) is 2.27. The minimum atomic E-state index is -0.779. The predicted octanol–water partition coefficient (Wildman–Crippen LogP) is 3.17. The van der Waals surface area contributed by atoms with Gasteiger partial charge in [-0.2, -0.15) is 0 Å². The summed E-state index contributed by atoms with van der Waals surface area (Å²) in [6.07, 6.45) is 9.80. The Hall–Kier alpha value is -1.90. The van der Waals surface area contributed by atoms with Gasteiger partial charge in [0.25, 0.3) is 0 Å². The van der Waals surface area contributed by atoms with Crippen LogP contribution in [0.1, 0.15) is 19.8 Å². The minimum Gasteiger partial charge on any atom is -0.481 e. The third kappa shape index (κ3) is 10.4. The number of hydrogen-bond donors (Lipinski definition) is 1. The van der Waals surface area contributed by atoms with Gasteiger partial charge in [0.2, 0.25) is 0 Å². The molecule has 0 saturated carbocycles. The minimum absolute atomic E-state index is 0.166. The maximum Gasteiger partial charge on any atom is 0.303 e. The fraction of sp³-hybridized carbons (Fsp3) is 0.286.